The molecule has 0 radical (unpaired) electrons. The molecule has 3 rings (SSSR count). The Bertz CT molecular complexity index is 749. The minimum absolute atomic E-state index is 0.508. The van der Waals surface area contributed by atoms with Crippen molar-refractivity contribution in [3.05, 3.63) is 54.6 Å². The van der Waals surface area contributed by atoms with Crippen LogP contribution in [0.2, 0.25) is 0 Å². The van der Waals surface area contributed by atoms with E-state index in [0.717, 1.165) is 27.5 Å². The van der Waals surface area contributed by atoms with E-state index in [2.05, 4.69) is 66.3 Å². The molecule has 0 aliphatic heterocycles. The van der Waals surface area contributed by atoms with E-state index in [0.29, 0.717) is 5.25 Å². The van der Waals surface area contributed by atoms with E-state index in [1.807, 2.05) is 10.8 Å². The Kier molecular flexibility index (Phi) is 4.24. The molecule has 0 atom stereocenters. The van der Waals surface area contributed by atoms with Crippen molar-refractivity contribution in [3.8, 4) is 16.9 Å². The van der Waals surface area contributed by atoms with Crippen LogP contribution < -0.4 is 0 Å². The second-order valence-corrected chi connectivity index (χ2v) is 6.99. The number of hydrogen-bond acceptors (Lipinski definition) is 4. The number of imidazole rings is 1. The summed E-state index contributed by atoms with van der Waals surface area (Å²) in [6, 6.07) is 10.4. The summed E-state index contributed by atoms with van der Waals surface area (Å²) in [6.45, 7) is 6.40. The highest BCUT2D eigenvalue weighted by Crippen LogP contribution is 2.26. The van der Waals surface area contributed by atoms with Crippen molar-refractivity contribution >= 4 is 11.8 Å². The van der Waals surface area contributed by atoms with Gasteiger partial charge in [-0.25, -0.2) is 4.98 Å². The van der Waals surface area contributed by atoms with Crippen LogP contribution in [0.4, 0.5) is 0 Å². The van der Waals surface area contributed by atoms with Gasteiger partial charge in [0.05, 0.1) is 12.0 Å². The van der Waals surface area contributed by atoms with Crippen LogP contribution in [-0.2, 0) is 0 Å². The van der Waals surface area contributed by atoms with E-state index >= 15 is 0 Å². The van der Waals surface area contributed by atoms with Gasteiger partial charge in [0.15, 0.2) is 0 Å². The Labute approximate surface area is 134 Å². The zero-order valence-electron chi connectivity index (χ0n) is 12.9. The molecule has 0 aliphatic rings. The molecule has 112 valence electrons. The van der Waals surface area contributed by atoms with Crippen LogP contribution in [0.5, 0.6) is 0 Å². The van der Waals surface area contributed by atoms with E-state index in [1.54, 1.807) is 24.3 Å². The Balaban J connectivity index is 1.88. The topological polar surface area (TPSA) is 43.6 Å². The highest BCUT2D eigenvalue weighted by atomic mass is 32.2. The molecule has 0 saturated carbocycles. The van der Waals surface area contributed by atoms with Crippen molar-refractivity contribution in [3.63, 3.8) is 0 Å². The summed E-state index contributed by atoms with van der Waals surface area (Å²) in [5, 5.41) is 10.2. The first-order valence-electron chi connectivity index (χ1n) is 7.23. The lowest BCUT2D eigenvalue weighted by Crippen LogP contribution is -1.97. The highest BCUT2D eigenvalue weighted by molar-refractivity contribution is 7.99. The fraction of sp³-hybridized carbons (Fsp3) is 0.235. The van der Waals surface area contributed by atoms with Crippen molar-refractivity contribution < 1.29 is 0 Å². The molecular formula is C17H18N4S. The fourth-order valence-electron chi connectivity index (χ4n) is 2.25. The number of nitrogens with zero attached hydrogens (tertiary/aromatic N) is 4. The third kappa shape index (κ3) is 3.20. The lowest BCUT2D eigenvalue weighted by molar-refractivity contribution is 0.917. The molecule has 4 nitrogen and oxygen atoms in total. The van der Waals surface area contributed by atoms with Gasteiger partial charge in [0.25, 0.3) is 0 Å². The average Bonchev–Trinajstić information content (AvgIpc) is 3.01. The molecule has 5 heteroatoms. The van der Waals surface area contributed by atoms with Crippen LogP contribution >= 0.6 is 11.8 Å². The fourth-order valence-corrected chi connectivity index (χ4v) is 3.06. The van der Waals surface area contributed by atoms with Gasteiger partial charge in [0.1, 0.15) is 5.03 Å². The van der Waals surface area contributed by atoms with Gasteiger partial charge in [-0.15, -0.1) is 22.0 Å². The summed E-state index contributed by atoms with van der Waals surface area (Å²) < 4.78 is 1.98. The minimum atomic E-state index is 0.508. The largest absolute Gasteiger partial charge is 0.306 e. The van der Waals surface area contributed by atoms with E-state index in [4.69, 9.17) is 0 Å². The molecule has 0 aliphatic carbocycles. The molecular weight excluding hydrogens is 292 g/mol. The van der Waals surface area contributed by atoms with Crippen LogP contribution in [0.25, 0.3) is 16.9 Å². The van der Waals surface area contributed by atoms with Crippen molar-refractivity contribution in [1.82, 2.24) is 19.7 Å². The van der Waals surface area contributed by atoms with Gasteiger partial charge in [0.2, 0.25) is 0 Å². The Morgan fingerprint density at radius 1 is 1.09 bits per heavy atom. The summed E-state index contributed by atoms with van der Waals surface area (Å²) in [7, 11) is 0. The number of aryl methyl sites for hydroxylation is 1. The molecule has 0 fully saturated rings. The quantitative estimate of drug-likeness (QED) is 0.679. The molecule has 0 bridgehead atoms. The second-order valence-electron chi connectivity index (χ2n) is 5.40. The lowest BCUT2D eigenvalue weighted by atomic mass is 10.1. The van der Waals surface area contributed by atoms with Crippen LogP contribution in [0, 0.1) is 6.92 Å². The zero-order chi connectivity index (χ0) is 15.5. The van der Waals surface area contributed by atoms with E-state index in [-0.39, 0.29) is 0 Å². The molecule has 0 amide bonds. The van der Waals surface area contributed by atoms with Gasteiger partial charge >= 0.3 is 0 Å². The number of aromatic nitrogens is 4. The van der Waals surface area contributed by atoms with Crippen molar-refractivity contribution in [2.24, 2.45) is 0 Å². The molecule has 1 aromatic carbocycles. The summed E-state index contributed by atoms with van der Waals surface area (Å²) in [6.07, 6.45) is 5.49. The molecule has 22 heavy (non-hydrogen) atoms. The summed E-state index contributed by atoms with van der Waals surface area (Å²) in [5.74, 6) is 0. The van der Waals surface area contributed by atoms with Gasteiger partial charge in [-0.2, -0.15) is 0 Å². The number of rotatable bonds is 4. The number of benzene rings is 1. The SMILES string of the molecule is Cc1cc(SC(C)C)nnc1-c1ccc(-n2ccnc2)cc1. The number of hydrogen-bond donors (Lipinski definition) is 0. The smallest absolute Gasteiger partial charge is 0.119 e. The van der Waals surface area contributed by atoms with Gasteiger partial charge in [0, 0.05) is 28.9 Å². The number of thioether (sulfide) groups is 1. The minimum Gasteiger partial charge on any atom is -0.306 e. The molecule has 3 aromatic rings. The normalized spacial score (nSPS) is 11.1. The van der Waals surface area contributed by atoms with Gasteiger partial charge in [-0.05, 0) is 30.7 Å². The molecule has 2 heterocycles. The molecule has 0 saturated heterocycles. The molecule has 0 N–H and O–H groups in total. The Hall–Kier alpha value is -2.14. The Morgan fingerprint density at radius 3 is 2.45 bits per heavy atom. The van der Waals surface area contributed by atoms with Gasteiger partial charge in [-0.3, -0.25) is 0 Å². The van der Waals surface area contributed by atoms with Crippen molar-refractivity contribution in [1.29, 1.82) is 0 Å². The van der Waals surface area contributed by atoms with E-state index in [9.17, 15) is 0 Å². The van der Waals surface area contributed by atoms with Gasteiger partial charge < -0.3 is 4.57 Å². The second kappa shape index (κ2) is 6.32. The van der Waals surface area contributed by atoms with Crippen LogP contribution in [0.1, 0.15) is 19.4 Å². The van der Waals surface area contributed by atoms with Gasteiger partial charge in [-0.1, -0.05) is 26.0 Å². The van der Waals surface area contributed by atoms with Crippen LogP contribution in [0.15, 0.2) is 54.1 Å². The predicted octanol–water partition coefficient (Wildman–Crippen LogP) is 4.14. The first kappa shape index (κ1) is 14.8. The molecule has 0 spiro atoms. The summed E-state index contributed by atoms with van der Waals surface area (Å²) in [4.78, 5) is 4.06. The predicted molar refractivity (Wildman–Crippen MR) is 90.3 cm³/mol. The summed E-state index contributed by atoms with van der Waals surface area (Å²) in [5.41, 5.74) is 4.24. The third-order valence-electron chi connectivity index (χ3n) is 3.26. The van der Waals surface area contributed by atoms with Crippen molar-refractivity contribution in [2.45, 2.75) is 31.0 Å². The maximum absolute atomic E-state index is 4.40. The lowest BCUT2D eigenvalue weighted by Gasteiger charge is -2.09. The molecule has 2 aromatic heterocycles. The standard InChI is InChI=1S/C17H18N4S/c1-12(2)22-16-10-13(3)17(20-19-16)14-4-6-15(7-5-14)21-9-8-18-11-21/h4-12H,1-3H3. The third-order valence-corrected chi connectivity index (χ3v) is 4.17. The van der Waals surface area contributed by atoms with Crippen LogP contribution in [0.3, 0.4) is 0 Å². The molecule has 0 unspecified atom stereocenters. The average molecular weight is 310 g/mol. The van der Waals surface area contributed by atoms with Crippen LogP contribution in [-0.4, -0.2) is 25.0 Å². The summed E-state index contributed by atoms with van der Waals surface area (Å²) >= 11 is 1.73. The zero-order valence-corrected chi connectivity index (χ0v) is 13.7. The van der Waals surface area contributed by atoms with E-state index < -0.39 is 0 Å². The maximum Gasteiger partial charge on any atom is 0.119 e. The first-order valence-corrected chi connectivity index (χ1v) is 8.11. The monoisotopic (exact) mass is 310 g/mol. The Morgan fingerprint density at radius 2 is 1.86 bits per heavy atom. The first-order chi connectivity index (χ1) is 10.6. The highest BCUT2D eigenvalue weighted by Gasteiger charge is 2.08. The maximum atomic E-state index is 4.40. The van der Waals surface area contributed by atoms with E-state index in [1.165, 1.54) is 0 Å². The van der Waals surface area contributed by atoms with Crippen molar-refractivity contribution in [2.75, 3.05) is 0 Å².